The number of carbonyl (C=O) groups is 1. The quantitative estimate of drug-likeness (QED) is 0.465. The van der Waals surface area contributed by atoms with Crippen LogP contribution < -0.4 is 15.8 Å². The number of nitrogens with zero attached hydrogens (tertiary/aromatic N) is 3. The first-order chi connectivity index (χ1) is 16.5. The summed E-state index contributed by atoms with van der Waals surface area (Å²) in [7, 11) is 0.544. The summed E-state index contributed by atoms with van der Waals surface area (Å²) in [6.45, 7) is 8.45. The molecule has 35 heavy (non-hydrogen) atoms. The number of benzene rings is 1. The van der Waals surface area contributed by atoms with Crippen LogP contribution in [0.2, 0.25) is 5.02 Å². The lowest BCUT2D eigenvalue weighted by Crippen LogP contribution is -2.34. The minimum Gasteiger partial charge on any atom is -0.490 e. The number of aromatic nitrogens is 3. The fourth-order valence-electron chi connectivity index (χ4n) is 4.54. The Hall–Kier alpha value is -2.69. The third kappa shape index (κ3) is 4.74. The number of aryl methyl sites for hydroxylation is 1. The Morgan fingerprint density at radius 1 is 1.51 bits per heavy atom. The van der Waals surface area contributed by atoms with Crippen LogP contribution in [0.3, 0.4) is 0 Å². The van der Waals surface area contributed by atoms with E-state index in [1.165, 1.54) is 0 Å². The Labute approximate surface area is 211 Å². The molecule has 0 aliphatic carbocycles. The van der Waals surface area contributed by atoms with Gasteiger partial charge in [-0.05, 0) is 39.7 Å². The van der Waals surface area contributed by atoms with E-state index in [1.807, 2.05) is 32.1 Å². The highest BCUT2D eigenvalue weighted by Crippen LogP contribution is 2.42. The number of amides is 1. The third-order valence-electron chi connectivity index (χ3n) is 6.26. The summed E-state index contributed by atoms with van der Waals surface area (Å²) in [6.07, 6.45) is 4.79. The number of halogens is 2. The Balaban J connectivity index is 1.87. The van der Waals surface area contributed by atoms with Crippen LogP contribution in [0.25, 0.3) is 5.52 Å². The van der Waals surface area contributed by atoms with Crippen molar-refractivity contribution < 1.29 is 18.7 Å². The van der Waals surface area contributed by atoms with Crippen molar-refractivity contribution in [2.45, 2.75) is 57.8 Å². The van der Waals surface area contributed by atoms with Gasteiger partial charge in [-0.2, -0.15) is 0 Å². The molecule has 1 aliphatic rings. The first-order valence-electron chi connectivity index (χ1n) is 11.7. The van der Waals surface area contributed by atoms with Gasteiger partial charge in [0.15, 0.2) is 5.82 Å². The summed E-state index contributed by atoms with van der Waals surface area (Å²) in [6, 6.07) is 1.54. The zero-order valence-electron chi connectivity index (χ0n) is 20.6. The van der Waals surface area contributed by atoms with Gasteiger partial charge in [0.05, 0.1) is 22.9 Å². The van der Waals surface area contributed by atoms with E-state index >= 15 is 4.39 Å². The zero-order chi connectivity index (χ0) is 25.5. The zero-order valence-corrected chi connectivity index (χ0v) is 23.4. The van der Waals surface area contributed by atoms with E-state index in [4.69, 9.17) is 31.8 Å². The molecule has 1 unspecified atom stereocenters. The van der Waals surface area contributed by atoms with Gasteiger partial charge in [0, 0.05) is 46.4 Å². The number of hydrogen-bond donors (Lipinski definition) is 2. The SMILES string of the molecule is Cc1nc([C@@](C)([SiH3])c2cc(Cl)c(F)c(C(=O)NCC3CCCO3)c2OC(C)C)n2ccnc(N)c12. The molecule has 1 amide bonds. The van der Waals surface area contributed by atoms with Gasteiger partial charge in [-0.25, -0.2) is 14.4 Å². The molecule has 2 atom stereocenters. The Morgan fingerprint density at radius 3 is 2.91 bits per heavy atom. The lowest BCUT2D eigenvalue weighted by Gasteiger charge is -2.29. The molecule has 0 saturated carbocycles. The Bertz CT molecular complexity index is 1270. The number of imidazole rings is 1. The van der Waals surface area contributed by atoms with E-state index in [-0.39, 0.29) is 35.1 Å². The van der Waals surface area contributed by atoms with Crippen molar-refractivity contribution in [1.29, 1.82) is 0 Å². The van der Waals surface area contributed by atoms with Gasteiger partial charge in [0.1, 0.15) is 28.5 Å². The molecular weight excluding hydrogens is 489 g/mol. The summed E-state index contributed by atoms with van der Waals surface area (Å²) in [5.74, 6) is -0.182. The molecule has 1 aromatic carbocycles. The molecule has 3 N–H and O–H groups in total. The first kappa shape index (κ1) is 25.4. The minimum absolute atomic E-state index is 0.0858. The number of hydrogen-bond acceptors (Lipinski definition) is 6. The van der Waals surface area contributed by atoms with Crippen molar-refractivity contribution in [3.63, 3.8) is 0 Å². The second-order valence-corrected chi connectivity index (χ2v) is 12.0. The van der Waals surface area contributed by atoms with Crippen molar-refractivity contribution in [2.75, 3.05) is 18.9 Å². The number of fused-ring (bicyclic) bond motifs is 1. The summed E-state index contributed by atoms with van der Waals surface area (Å²) < 4.78 is 29.0. The second-order valence-electron chi connectivity index (χ2n) is 9.61. The smallest absolute Gasteiger partial charge is 0.258 e. The highest BCUT2D eigenvalue weighted by Gasteiger charge is 2.37. The van der Waals surface area contributed by atoms with Crippen LogP contribution in [-0.4, -0.2) is 55.9 Å². The predicted octanol–water partition coefficient (Wildman–Crippen LogP) is 2.74. The molecule has 1 aliphatic heterocycles. The van der Waals surface area contributed by atoms with Crippen LogP contribution in [0.15, 0.2) is 18.5 Å². The summed E-state index contributed by atoms with van der Waals surface area (Å²) in [5.41, 5.74) is 7.94. The lowest BCUT2D eigenvalue weighted by molar-refractivity contribution is 0.0849. The van der Waals surface area contributed by atoms with E-state index in [2.05, 4.69) is 10.3 Å². The molecule has 1 fully saturated rings. The van der Waals surface area contributed by atoms with E-state index in [0.717, 1.165) is 18.5 Å². The monoisotopic (exact) mass is 519 g/mol. The normalized spacial score (nSPS) is 17.7. The van der Waals surface area contributed by atoms with Gasteiger partial charge in [-0.1, -0.05) is 18.5 Å². The van der Waals surface area contributed by atoms with Crippen LogP contribution >= 0.6 is 11.6 Å². The average molecular weight is 520 g/mol. The molecule has 11 heteroatoms. The number of rotatable bonds is 7. The molecule has 0 spiro atoms. The molecule has 0 bridgehead atoms. The van der Waals surface area contributed by atoms with Crippen LogP contribution in [0.5, 0.6) is 5.75 Å². The number of nitrogen functional groups attached to an aromatic ring is 1. The van der Waals surface area contributed by atoms with Crippen LogP contribution in [-0.2, 0) is 9.78 Å². The van der Waals surface area contributed by atoms with Gasteiger partial charge >= 0.3 is 0 Å². The average Bonchev–Trinajstić information content (AvgIpc) is 3.43. The van der Waals surface area contributed by atoms with Crippen molar-refractivity contribution in [2.24, 2.45) is 0 Å². The van der Waals surface area contributed by atoms with E-state index < -0.39 is 16.8 Å². The number of nitrogens with two attached hydrogens (primary N) is 1. The number of nitrogens with one attached hydrogen (secondary N) is 1. The summed E-state index contributed by atoms with van der Waals surface area (Å²) in [5, 5.41) is 1.94. The number of ether oxygens (including phenoxy) is 2. The molecule has 0 radical (unpaired) electrons. The maximum Gasteiger partial charge on any atom is 0.258 e. The summed E-state index contributed by atoms with van der Waals surface area (Å²) >= 11 is 6.36. The maximum absolute atomic E-state index is 15.4. The molecule has 1 saturated heterocycles. The van der Waals surface area contributed by atoms with E-state index in [9.17, 15) is 4.79 Å². The number of carbonyl (C=O) groups excluding carboxylic acids is 1. The fourth-order valence-corrected chi connectivity index (χ4v) is 5.47. The van der Waals surface area contributed by atoms with Crippen molar-refractivity contribution in [3.8, 4) is 5.75 Å². The molecule has 2 aromatic heterocycles. The lowest BCUT2D eigenvalue weighted by atomic mass is 9.94. The molecule has 3 aromatic rings. The Kier molecular flexibility index (Phi) is 7.08. The van der Waals surface area contributed by atoms with Crippen LogP contribution in [0.4, 0.5) is 10.2 Å². The van der Waals surface area contributed by atoms with Crippen molar-refractivity contribution in [3.05, 3.63) is 51.9 Å². The highest BCUT2D eigenvalue weighted by atomic mass is 35.5. The molecule has 8 nitrogen and oxygen atoms in total. The second kappa shape index (κ2) is 9.75. The fraction of sp³-hybridized carbons (Fsp3) is 0.458. The molecular formula is C24H31ClFN5O3Si. The summed E-state index contributed by atoms with van der Waals surface area (Å²) in [4.78, 5) is 22.3. The minimum atomic E-state index is -0.814. The van der Waals surface area contributed by atoms with Crippen molar-refractivity contribution in [1.82, 2.24) is 19.7 Å². The van der Waals surface area contributed by atoms with Gasteiger partial charge in [-0.15, -0.1) is 0 Å². The van der Waals surface area contributed by atoms with Crippen LogP contribution in [0.1, 0.15) is 61.1 Å². The van der Waals surface area contributed by atoms with Crippen molar-refractivity contribution >= 4 is 39.1 Å². The van der Waals surface area contributed by atoms with Gasteiger partial charge in [-0.3, -0.25) is 9.20 Å². The Morgan fingerprint density at radius 2 is 2.26 bits per heavy atom. The van der Waals surface area contributed by atoms with Gasteiger partial charge < -0.3 is 20.5 Å². The van der Waals surface area contributed by atoms with Crippen LogP contribution in [0, 0.1) is 12.7 Å². The molecule has 188 valence electrons. The maximum atomic E-state index is 15.4. The van der Waals surface area contributed by atoms with Gasteiger partial charge in [0.2, 0.25) is 0 Å². The third-order valence-corrected chi connectivity index (χ3v) is 7.52. The molecule has 3 heterocycles. The highest BCUT2D eigenvalue weighted by molar-refractivity contribution is 6.31. The number of anilines is 1. The standard InChI is InChI=1S/C24H31ClFN5O3Si/c1-12(2)34-20-15(24(4,35)23-30-13(3)19-21(27)28-7-8-31(19)23)10-16(25)18(26)17(20)22(32)29-11-14-6-5-9-33-14/h7-8,10,12,14H,5-6,9,11H2,1-4,35H3,(H2,27,28)(H,29,32)/t14?,24-/m0/s1. The van der Waals surface area contributed by atoms with Gasteiger partial charge in [0.25, 0.3) is 5.91 Å². The van der Waals surface area contributed by atoms with E-state index in [0.29, 0.717) is 39.6 Å². The van der Waals surface area contributed by atoms with E-state index in [1.54, 1.807) is 18.5 Å². The predicted molar refractivity (Wildman–Crippen MR) is 137 cm³/mol. The first-order valence-corrected chi connectivity index (χ1v) is 13.1. The molecule has 4 rings (SSSR count). The largest absolute Gasteiger partial charge is 0.490 e. The topological polar surface area (TPSA) is 104 Å².